The number of hydrogen-bond donors (Lipinski definition) is 1. The molecule has 0 saturated carbocycles. The van der Waals surface area contributed by atoms with Crippen molar-refractivity contribution in [1.29, 1.82) is 0 Å². The fourth-order valence-corrected chi connectivity index (χ4v) is 2.92. The standard InChI is InChI=1S/C21H22N2O4/c1-4-16-11-19(24)27-18-10-13(2)9-17(20(16)18)26-14(3)21(25)23-12-15-5-7-22-8-6-15/h5-11,14H,4,12H2,1-3H3,(H,23,25)/t14-/m0/s1. The van der Waals surface area contributed by atoms with Gasteiger partial charge in [0.05, 0.1) is 5.39 Å². The van der Waals surface area contributed by atoms with Gasteiger partial charge in [-0.25, -0.2) is 4.79 Å². The molecule has 6 nitrogen and oxygen atoms in total. The van der Waals surface area contributed by atoms with Gasteiger partial charge in [0.2, 0.25) is 0 Å². The van der Waals surface area contributed by atoms with Gasteiger partial charge < -0.3 is 14.5 Å². The summed E-state index contributed by atoms with van der Waals surface area (Å²) >= 11 is 0. The molecule has 0 aliphatic carbocycles. The highest BCUT2D eigenvalue weighted by molar-refractivity contribution is 5.88. The van der Waals surface area contributed by atoms with Gasteiger partial charge in [-0.2, -0.15) is 0 Å². The molecule has 0 radical (unpaired) electrons. The summed E-state index contributed by atoms with van der Waals surface area (Å²) < 4.78 is 11.3. The predicted molar refractivity (Wildman–Crippen MR) is 103 cm³/mol. The maximum atomic E-state index is 12.4. The number of aryl methyl sites for hydroxylation is 2. The quantitative estimate of drug-likeness (QED) is 0.678. The number of carbonyl (C=O) groups excluding carboxylic acids is 1. The van der Waals surface area contributed by atoms with E-state index in [1.165, 1.54) is 6.07 Å². The number of nitrogens with one attached hydrogen (secondary N) is 1. The van der Waals surface area contributed by atoms with Crippen LogP contribution < -0.4 is 15.7 Å². The van der Waals surface area contributed by atoms with E-state index in [-0.39, 0.29) is 11.5 Å². The topological polar surface area (TPSA) is 81.4 Å². The van der Waals surface area contributed by atoms with Gasteiger partial charge in [-0.3, -0.25) is 9.78 Å². The number of pyridine rings is 1. The van der Waals surface area contributed by atoms with Crippen LogP contribution in [0.5, 0.6) is 5.75 Å². The first-order valence-corrected chi connectivity index (χ1v) is 8.88. The summed E-state index contributed by atoms with van der Waals surface area (Å²) in [7, 11) is 0. The van der Waals surface area contributed by atoms with E-state index in [0.717, 1.165) is 22.1 Å². The molecule has 6 heteroatoms. The summed E-state index contributed by atoms with van der Waals surface area (Å²) in [6.07, 6.45) is 3.32. The van der Waals surface area contributed by atoms with E-state index in [0.29, 0.717) is 24.3 Å². The molecular formula is C21H22N2O4. The summed E-state index contributed by atoms with van der Waals surface area (Å²) in [5.41, 5.74) is 2.76. The minimum atomic E-state index is -0.700. The van der Waals surface area contributed by atoms with Crippen LogP contribution in [0, 0.1) is 6.92 Å². The van der Waals surface area contributed by atoms with Crippen LogP contribution in [0.4, 0.5) is 0 Å². The van der Waals surface area contributed by atoms with Gasteiger partial charge in [0, 0.05) is 25.0 Å². The van der Waals surface area contributed by atoms with Crippen LogP contribution in [0.15, 0.2) is 51.9 Å². The molecule has 140 valence electrons. The van der Waals surface area contributed by atoms with Gasteiger partial charge in [0.1, 0.15) is 11.3 Å². The molecule has 0 bridgehead atoms. The third kappa shape index (κ3) is 4.34. The fourth-order valence-electron chi connectivity index (χ4n) is 2.92. The summed E-state index contributed by atoms with van der Waals surface area (Å²) in [6.45, 7) is 5.95. The second-order valence-electron chi connectivity index (χ2n) is 6.41. The number of nitrogens with zero attached hydrogens (tertiary/aromatic N) is 1. The first-order valence-electron chi connectivity index (χ1n) is 8.88. The van der Waals surface area contributed by atoms with E-state index in [9.17, 15) is 9.59 Å². The van der Waals surface area contributed by atoms with Crippen LogP contribution in [0.1, 0.15) is 30.5 Å². The largest absolute Gasteiger partial charge is 0.480 e. The van der Waals surface area contributed by atoms with Crippen molar-refractivity contribution in [2.24, 2.45) is 0 Å². The third-order valence-electron chi connectivity index (χ3n) is 4.30. The Kier molecular flexibility index (Phi) is 5.54. The van der Waals surface area contributed by atoms with Crippen molar-refractivity contribution >= 4 is 16.9 Å². The fraction of sp³-hybridized carbons (Fsp3) is 0.286. The van der Waals surface area contributed by atoms with Crippen LogP contribution in [0.2, 0.25) is 0 Å². The average Bonchev–Trinajstić information content (AvgIpc) is 2.65. The van der Waals surface area contributed by atoms with Crippen LogP contribution >= 0.6 is 0 Å². The summed E-state index contributed by atoms with van der Waals surface area (Å²) in [5.74, 6) is 0.314. The molecule has 0 saturated heterocycles. The van der Waals surface area contributed by atoms with Crippen molar-refractivity contribution in [1.82, 2.24) is 10.3 Å². The van der Waals surface area contributed by atoms with E-state index in [1.807, 2.05) is 32.0 Å². The van der Waals surface area contributed by atoms with Crippen molar-refractivity contribution in [3.8, 4) is 5.75 Å². The Hall–Kier alpha value is -3.15. The Bertz CT molecular complexity index is 1010. The lowest BCUT2D eigenvalue weighted by atomic mass is 10.0. The van der Waals surface area contributed by atoms with E-state index < -0.39 is 6.10 Å². The first kappa shape index (κ1) is 18.6. The van der Waals surface area contributed by atoms with Crippen LogP contribution in [0.25, 0.3) is 11.0 Å². The molecule has 0 spiro atoms. The molecule has 0 aliphatic rings. The highest BCUT2D eigenvalue weighted by Crippen LogP contribution is 2.31. The molecular weight excluding hydrogens is 344 g/mol. The molecule has 0 aliphatic heterocycles. The van der Waals surface area contributed by atoms with Crippen molar-refractivity contribution in [2.75, 3.05) is 0 Å². The summed E-state index contributed by atoms with van der Waals surface area (Å²) in [4.78, 5) is 28.1. The van der Waals surface area contributed by atoms with E-state index >= 15 is 0 Å². The molecule has 1 aromatic carbocycles. The molecule has 1 atom stereocenters. The summed E-state index contributed by atoms with van der Waals surface area (Å²) in [6, 6.07) is 8.81. The maximum Gasteiger partial charge on any atom is 0.336 e. The number of benzene rings is 1. The Labute approximate surface area is 157 Å². The lowest BCUT2D eigenvalue weighted by Gasteiger charge is -2.17. The van der Waals surface area contributed by atoms with Crippen LogP contribution in [0.3, 0.4) is 0 Å². The molecule has 2 aromatic heterocycles. The lowest BCUT2D eigenvalue weighted by Crippen LogP contribution is -2.36. The number of fused-ring (bicyclic) bond motifs is 1. The van der Waals surface area contributed by atoms with E-state index in [4.69, 9.17) is 9.15 Å². The van der Waals surface area contributed by atoms with Crippen molar-refractivity contribution in [3.05, 3.63) is 69.8 Å². The van der Waals surface area contributed by atoms with Gasteiger partial charge in [0.25, 0.3) is 5.91 Å². The van der Waals surface area contributed by atoms with Crippen LogP contribution in [-0.2, 0) is 17.8 Å². The Balaban J connectivity index is 1.82. The van der Waals surface area contributed by atoms with Crippen molar-refractivity contribution < 1.29 is 13.9 Å². The molecule has 1 amide bonds. The van der Waals surface area contributed by atoms with Gasteiger partial charge in [-0.1, -0.05) is 6.92 Å². The molecule has 2 heterocycles. The first-order chi connectivity index (χ1) is 13.0. The minimum absolute atomic E-state index is 0.225. The molecule has 0 fully saturated rings. The Morgan fingerprint density at radius 3 is 2.70 bits per heavy atom. The summed E-state index contributed by atoms with van der Waals surface area (Å²) in [5, 5.41) is 3.59. The number of ether oxygens (including phenoxy) is 1. The monoisotopic (exact) mass is 366 g/mol. The Morgan fingerprint density at radius 2 is 2.00 bits per heavy atom. The highest BCUT2D eigenvalue weighted by Gasteiger charge is 2.18. The predicted octanol–water partition coefficient (Wildman–Crippen LogP) is 3.14. The number of carbonyl (C=O) groups is 1. The number of rotatable bonds is 6. The molecule has 3 aromatic rings. The van der Waals surface area contributed by atoms with Gasteiger partial charge >= 0.3 is 5.63 Å². The zero-order chi connectivity index (χ0) is 19.4. The van der Waals surface area contributed by atoms with E-state index in [2.05, 4.69) is 10.3 Å². The highest BCUT2D eigenvalue weighted by atomic mass is 16.5. The molecule has 0 unspecified atom stereocenters. The number of aromatic nitrogens is 1. The lowest BCUT2D eigenvalue weighted by molar-refractivity contribution is -0.127. The third-order valence-corrected chi connectivity index (χ3v) is 4.30. The van der Waals surface area contributed by atoms with Gasteiger partial charge in [-0.05, 0) is 61.2 Å². The molecule has 3 rings (SSSR count). The van der Waals surface area contributed by atoms with Crippen LogP contribution in [-0.4, -0.2) is 17.0 Å². The normalized spacial score (nSPS) is 12.0. The SMILES string of the molecule is CCc1cc(=O)oc2cc(C)cc(O[C@@H](C)C(=O)NCc3ccncc3)c12. The zero-order valence-corrected chi connectivity index (χ0v) is 15.6. The molecule has 27 heavy (non-hydrogen) atoms. The van der Waals surface area contributed by atoms with Gasteiger partial charge in [0.15, 0.2) is 6.10 Å². The Morgan fingerprint density at radius 1 is 1.26 bits per heavy atom. The second-order valence-corrected chi connectivity index (χ2v) is 6.41. The maximum absolute atomic E-state index is 12.4. The smallest absolute Gasteiger partial charge is 0.336 e. The van der Waals surface area contributed by atoms with Crippen molar-refractivity contribution in [2.45, 2.75) is 39.8 Å². The van der Waals surface area contributed by atoms with Crippen molar-refractivity contribution in [3.63, 3.8) is 0 Å². The average molecular weight is 366 g/mol. The zero-order valence-electron chi connectivity index (χ0n) is 15.6. The minimum Gasteiger partial charge on any atom is -0.480 e. The number of amides is 1. The number of hydrogen-bond acceptors (Lipinski definition) is 5. The van der Waals surface area contributed by atoms with E-state index in [1.54, 1.807) is 25.4 Å². The van der Waals surface area contributed by atoms with Gasteiger partial charge in [-0.15, -0.1) is 0 Å². The molecule has 1 N–H and O–H groups in total. The second kappa shape index (κ2) is 8.03.